The van der Waals surface area contributed by atoms with E-state index >= 15 is 0 Å². The number of thioether (sulfide) groups is 1. The lowest BCUT2D eigenvalue weighted by Crippen LogP contribution is -2.46. The molecule has 2 aromatic rings. The molecule has 2 aliphatic rings. The summed E-state index contributed by atoms with van der Waals surface area (Å²) in [6.45, 7) is 1.68. The average Bonchev–Trinajstić information content (AvgIpc) is 3.04. The first-order valence-electron chi connectivity index (χ1n) is 9.54. The standard InChI is InChI=1S/C22H20N2O4S2/c25-20(23-10-12-28-13-11-23)15-24-21(26)19(30-22(24)27)14-16-6-4-5-9-18(16)29-17-7-2-1-3-8-17/h1-9,14H,10-13,15H2/b19-14-. The van der Waals surface area contributed by atoms with Crippen LogP contribution in [0.4, 0.5) is 4.79 Å². The molecule has 3 amide bonds. The third-order valence-corrected chi connectivity index (χ3v) is 6.71. The predicted molar refractivity (Wildman–Crippen MR) is 117 cm³/mol. The molecule has 0 atom stereocenters. The third kappa shape index (κ3) is 4.77. The molecule has 4 rings (SSSR count). The Bertz CT molecular complexity index is 988. The number of imide groups is 1. The van der Waals surface area contributed by atoms with E-state index in [-0.39, 0.29) is 12.5 Å². The maximum absolute atomic E-state index is 12.8. The molecule has 154 valence electrons. The maximum atomic E-state index is 12.8. The van der Waals surface area contributed by atoms with Gasteiger partial charge < -0.3 is 9.64 Å². The van der Waals surface area contributed by atoms with Gasteiger partial charge in [0.05, 0.1) is 18.1 Å². The minimum atomic E-state index is -0.425. The van der Waals surface area contributed by atoms with Crippen LogP contribution in [0.25, 0.3) is 6.08 Å². The molecular weight excluding hydrogens is 420 g/mol. The predicted octanol–water partition coefficient (Wildman–Crippen LogP) is 3.73. The van der Waals surface area contributed by atoms with Gasteiger partial charge in [-0.2, -0.15) is 0 Å². The van der Waals surface area contributed by atoms with E-state index in [1.165, 1.54) is 0 Å². The summed E-state index contributed by atoms with van der Waals surface area (Å²) >= 11 is 2.47. The number of rotatable bonds is 5. The Morgan fingerprint density at radius 3 is 2.50 bits per heavy atom. The lowest BCUT2D eigenvalue weighted by atomic mass is 10.2. The van der Waals surface area contributed by atoms with Gasteiger partial charge in [-0.15, -0.1) is 0 Å². The topological polar surface area (TPSA) is 66.9 Å². The van der Waals surface area contributed by atoms with Gasteiger partial charge in [-0.25, -0.2) is 0 Å². The minimum absolute atomic E-state index is 0.234. The van der Waals surface area contributed by atoms with Gasteiger partial charge in [-0.05, 0) is 41.6 Å². The lowest BCUT2D eigenvalue weighted by molar-refractivity contribution is -0.139. The van der Waals surface area contributed by atoms with Crippen molar-refractivity contribution < 1.29 is 19.1 Å². The van der Waals surface area contributed by atoms with E-state index in [9.17, 15) is 14.4 Å². The zero-order valence-corrected chi connectivity index (χ0v) is 17.8. The van der Waals surface area contributed by atoms with Crippen LogP contribution in [0.2, 0.25) is 0 Å². The zero-order chi connectivity index (χ0) is 20.9. The first-order valence-corrected chi connectivity index (χ1v) is 11.2. The number of nitrogens with zero attached hydrogens (tertiary/aromatic N) is 2. The maximum Gasteiger partial charge on any atom is 0.294 e. The van der Waals surface area contributed by atoms with E-state index in [4.69, 9.17) is 4.74 Å². The van der Waals surface area contributed by atoms with Crippen molar-refractivity contribution in [3.8, 4) is 0 Å². The van der Waals surface area contributed by atoms with Crippen molar-refractivity contribution in [1.82, 2.24) is 9.80 Å². The molecule has 2 heterocycles. The monoisotopic (exact) mass is 440 g/mol. The summed E-state index contributed by atoms with van der Waals surface area (Å²) in [5.41, 5.74) is 0.858. The number of benzene rings is 2. The van der Waals surface area contributed by atoms with Crippen LogP contribution in [-0.2, 0) is 14.3 Å². The van der Waals surface area contributed by atoms with Crippen LogP contribution in [0.15, 0.2) is 69.3 Å². The summed E-state index contributed by atoms with van der Waals surface area (Å²) < 4.78 is 5.24. The third-order valence-electron chi connectivity index (χ3n) is 4.71. The number of amides is 3. The second-order valence-corrected chi connectivity index (χ2v) is 8.82. The molecule has 2 aromatic carbocycles. The van der Waals surface area contributed by atoms with Gasteiger partial charge in [-0.3, -0.25) is 19.3 Å². The van der Waals surface area contributed by atoms with Crippen molar-refractivity contribution in [3.63, 3.8) is 0 Å². The molecule has 0 aromatic heterocycles. The quantitative estimate of drug-likeness (QED) is 0.660. The van der Waals surface area contributed by atoms with Crippen LogP contribution in [0.1, 0.15) is 5.56 Å². The van der Waals surface area contributed by atoms with Crippen molar-refractivity contribution in [1.29, 1.82) is 0 Å². The van der Waals surface area contributed by atoms with E-state index in [2.05, 4.69) is 0 Å². The van der Waals surface area contributed by atoms with Crippen molar-refractivity contribution in [3.05, 3.63) is 65.1 Å². The fourth-order valence-corrected chi connectivity index (χ4v) is 4.90. The first kappa shape index (κ1) is 20.7. The Morgan fingerprint density at radius 1 is 1.03 bits per heavy atom. The zero-order valence-electron chi connectivity index (χ0n) is 16.2. The van der Waals surface area contributed by atoms with E-state index < -0.39 is 11.1 Å². The number of carbonyl (C=O) groups is 3. The van der Waals surface area contributed by atoms with Crippen molar-refractivity contribution in [2.75, 3.05) is 32.8 Å². The highest BCUT2D eigenvalue weighted by molar-refractivity contribution is 8.18. The number of hydrogen-bond acceptors (Lipinski definition) is 6. The Labute approximate surface area is 183 Å². The molecule has 8 heteroatoms. The van der Waals surface area contributed by atoms with Gasteiger partial charge in [0, 0.05) is 22.9 Å². The van der Waals surface area contributed by atoms with Crippen molar-refractivity contribution >= 4 is 46.7 Å². The summed E-state index contributed by atoms with van der Waals surface area (Å²) in [5, 5.41) is -0.416. The molecular formula is C22H20N2O4S2. The molecule has 0 N–H and O–H groups in total. The van der Waals surface area contributed by atoms with E-state index in [0.29, 0.717) is 31.2 Å². The summed E-state index contributed by atoms with van der Waals surface area (Å²) in [6, 6.07) is 17.7. The highest BCUT2D eigenvalue weighted by Crippen LogP contribution is 2.36. The second-order valence-electron chi connectivity index (χ2n) is 6.71. The molecule has 0 aliphatic carbocycles. The highest BCUT2D eigenvalue weighted by atomic mass is 32.2. The van der Waals surface area contributed by atoms with E-state index in [0.717, 1.165) is 32.0 Å². The second kappa shape index (κ2) is 9.51. The Morgan fingerprint density at radius 2 is 1.73 bits per heavy atom. The van der Waals surface area contributed by atoms with Crippen LogP contribution in [-0.4, -0.2) is 59.7 Å². The molecule has 6 nitrogen and oxygen atoms in total. The van der Waals surface area contributed by atoms with Crippen LogP contribution < -0.4 is 0 Å². The number of ether oxygens (including phenoxy) is 1. The van der Waals surface area contributed by atoms with Crippen LogP contribution in [0.3, 0.4) is 0 Å². The van der Waals surface area contributed by atoms with Gasteiger partial charge in [0.1, 0.15) is 6.54 Å². The Kier molecular flexibility index (Phi) is 6.56. The van der Waals surface area contributed by atoms with Crippen molar-refractivity contribution in [2.45, 2.75) is 9.79 Å². The molecule has 2 fully saturated rings. The normalized spacial score (nSPS) is 18.3. The summed E-state index contributed by atoms with van der Waals surface area (Å²) in [5.74, 6) is -0.659. The van der Waals surface area contributed by atoms with Gasteiger partial charge in [-0.1, -0.05) is 48.2 Å². The number of carbonyl (C=O) groups excluding carboxylic acids is 3. The smallest absolute Gasteiger partial charge is 0.294 e. The van der Waals surface area contributed by atoms with Gasteiger partial charge in [0.25, 0.3) is 11.1 Å². The average molecular weight is 441 g/mol. The fraction of sp³-hybridized carbons (Fsp3) is 0.227. The van der Waals surface area contributed by atoms with Crippen LogP contribution in [0, 0.1) is 0 Å². The fourth-order valence-electron chi connectivity index (χ4n) is 3.13. The Hall–Kier alpha value is -2.55. The van der Waals surface area contributed by atoms with Gasteiger partial charge in [0.2, 0.25) is 5.91 Å². The molecule has 0 radical (unpaired) electrons. The SMILES string of the molecule is O=C(CN1C(=O)S/C(=C\c2ccccc2Sc2ccccc2)C1=O)N1CCOCC1. The van der Waals surface area contributed by atoms with Crippen molar-refractivity contribution in [2.24, 2.45) is 0 Å². The first-order chi connectivity index (χ1) is 14.6. The lowest BCUT2D eigenvalue weighted by Gasteiger charge is -2.28. The summed E-state index contributed by atoms with van der Waals surface area (Å²) in [7, 11) is 0. The number of hydrogen-bond donors (Lipinski definition) is 0. The van der Waals surface area contributed by atoms with Gasteiger partial charge >= 0.3 is 0 Å². The Balaban J connectivity index is 1.50. The van der Waals surface area contributed by atoms with E-state index in [1.807, 2.05) is 54.6 Å². The molecule has 0 unspecified atom stereocenters. The molecule has 2 saturated heterocycles. The summed E-state index contributed by atoms with van der Waals surface area (Å²) in [4.78, 5) is 42.7. The highest BCUT2D eigenvalue weighted by Gasteiger charge is 2.37. The largest absolute Gasteiger partial charge is 0.378 e. The molecule has 0 bridgehead atoms. The minimum Gasteiger partial charge on any atom is -0.378 e. The summed E-state index contributed by atoms with van der Waals surface area (Å²) in [6.07, 6.45) is 1.73. The van der Waals surface area contributed by atoms with Gasteiger partial charge in [0.15, 0.2) is 0 Å². The van der Waals surface area contributed by atoms with Crippen LogP contribution >= 0.6 is 23.5 Å². The van der Waals surface area contributed by atoms with E-state index in [1.54, 1.807) is 22.7 Å². The van der Waals surface area contributed by atoms with Crippen LogP contribution in [0.5, 0.6) is 0 Å². The number of morpholine rings is 1. The molecule has 0 saturated carbocycles. The molecule has 0 spiro atoms. The molecule has 2 aliphatic heterocycles. The molecule has 30 heavy (non-hydrogen) atoms.